The minimum absolute atomic E-state index is 0.0255. The van der Waals surface area contributed by atoms with E-state index in [1.807, 2.05) is 0 Å². The summed E-state index contributed by atoms with van der Waals surface area (Å²) in [6, 6.07) is -2.88. The third-order valence-corrected chi connectivity index (χ3v) is 4.05. The number of aliphatic carboxylic acids is 1. The Hall–Kier alpha value is -1.25. The van der Waals surface area contributed by atoms with Gasteiger partial charge in [-0.1, -0.05) is 0 Å². The molecule has 0 aromatic carbocycles. The van der Waals surface area contributed by atoms with Crippen molar-refractivity contribution >= 4 is 53.6 Å². The van der Waals surface area contributed by atoms with Crippen molar-refractivity contribution in [1.29, 1.82) is 0 Å². The average molecular weight is 411 g/mol. The predicted molar refractivity (Wildman–Crippen MR) is 87.5 cm³/mol. The fraction of sp³-hybridized carbons (Fsp3) is 0.667. The second-order valence-corrected chi connectivity index (χ2v) is 5.71. The van der Waals surface area contributed by atoms with Gasteiger partial charge in [-0.15, -0.1) is 0 Å². The summed E-state index contributed by atoms with van der Waals surface area (Å²) in [5, 5.41) is 11.1. The Balaban J connectivity index is 4.63. The van der Waals surface area contributed by atoms with Crippen LogP contribution in [0.2, 0.25) is 0 Å². The Morgan fingerprint density at radius 2 is 1.96 bits per heavy atom. The van der Waals surface area contributed by atoms with Crippen LogP contribution in [0.3, 0.4) is 0 Å². The van der Waals surface area contributed by atoms with Gasteiger partial charge in [0, 0.05) is 0 Å². The zero-order valence-electron chi connectivity index (χ0n) is 12.9. The summed E-state index contributed by atoms with van der Waals surface area (Å²) in [4.78, 5) is 47.2. The molecule has 0 bridgehead atoms. The molecule has 4 N–H and O–H groups in total. The van der Waals surface area contributed by atoms with E-state index in [9.17, 15) is 19.2 Å². The van der Waals surface area contributed by atoms with Crippen LogP contribution >= 0.6 is 12.6 Å². The van der Waals surface area contributed by atoms with Gasteiger partial charge in [0.15, 0.2) is 0 Å². The number of hydrogen-bond acceptors (Lipinski definition) is 7. The van der Waals surface area contributed by atoms with Crippen LogP contribution in [0.15, 0.2) is 0 Å². The van der Waals surface area contributed by atoms with Crippen molar-refractivity contribution in [3.05, 3.63) is 0 Å². The zero-order chi connectivity index (χ0) is 18.2. The van der Waals surface area contributed by atoms with Crippen molar-refractivity contribution in [2.45, 2.75) is 37.9 Å². The molecule has 0 aromatic rings. The Morgan fingerprint density at radius 1 is 1.39 bits per heavy atom. The zero-order valence-corrected chi connectivity index (χ0v) is 16.2. The van der Waals surface area contributed by atoms with Crippen LogP contribution in [0.25, 0.3) is 0 Å². The maximum absolute atomic E-state index is 12.3. The van der Waals surface area contributed by atoms with Gasteiger partial charge in [-0.05, 0) is 0 Å². The number of hydrogen-bond donors (Lipinski definition) is 4. The van der Waals surface area contributed by atoms with Crippen molar-refractivity contribution in [3.8, 4) is 0 Å². The summed E-state index contributed by atoms with van der Waals surface area (Å²) in [6.07, 6.45) is -0.186. The fourth-order valence-electron chi connectivity index (χ4n) is 1.56. The molecule has 4 unspecified atom stereocenters. The van der Waals surface area contributed by atoms with E-state index in [1.165, 1.54) is 14.0 Å². The number of thiol groups is 1. The molecule has 0 spiro atoms. The molecule has 0 radical (unpaired) electrons. The van der Waals surface area contributed by atoms with E-state index in [4.69, 9.17) is 10.8 Å². The standard InChI is InChI=1S/C12H22AsN3O6S/c1-6(12(21)22-13)16(2)10(18)8(5-23)15-9(17)4-3-7(14)11(19)20/h6-8,23H,3-5,13-14H2,1-2H3,(H,15,17)(H,19,20). The predicted octanol–water partition coefficient (Wildman–Crippen LogP) is -2.47. The number of likely N-dealkylation sites (N-methyl/N-ethyl adjacent to an activating group) is 1. The van der Waals surface area contributed by atoms with E-state index in [1.54, 1.807) is 0 Å². The Labute approximate surface area is 148 Å². The second-order valence-electron chi connectivity index (χ2n) is 4.85. The Bertz CT molecular complexity index is 464. The molecule has 0 aliphatic heterocycles. The van der Waals surface area contributed by atoms with Crippen molar-refractivity contribution in [2.75, 3.05) is 12.8 Å². The molecule has 0 aliphatic rings. The Morgan fingerprint density at radius 3 is 2.39 bits per heavy atom. The van der Waals surface area contributed by atoms with E-state index in [2.05, 4.69) is 21.7 Å². The number of nitrogens with zero attached hydrogens (tertiary/aromatic N) is 1. The first kappa shape index (κ1) is 21.7. The molecule has 0 rings (SSSR count). The third-order valence-electron chi connectivity index (χ3n) is 3.20. The minimum atomic E-state index is -1.20. The van der Waals surface area contributed by atoms with E-state index < -0.39 is 41.9 Å². The molecule has 0 heterocycles. The summed E-state index contributed by atoms with van der Waals surface area (Å²) < 4.78 is 4.62. The molecular formula is C12H22AsN3O6S. The van der Waals surface area contributed by atoms with E-state index >= 15 is 0 Å². The molecule has 23 heavy (non-hydrogen) atoms. The van der Waals surface area contributed by atoms with Gasteiger partial charge < -0.3 is 5.11 Å². The third kappa shape index (κ3) is 7.24. The van der Waals surface area contributed by atoms with Crippen molar-refractivity contribution in [2.24, 2.45) is 5.73 Å². The van der Waals surface area contributed by atoms with Crippen molar-refractivity contribution in [1.82, 2.24) is 10.2 Å². The number of nitrogens with two attached hydrogens (primary N) is 1. The van der Waals surface area contributed by atoms with Gasteiger partial charge >= 0.3 is 138 Å². The van der Waals surface area contributed by atoms with Gasteiger partial charge in [0.2, 0.25) is 0 Å². The molecule has 0 saturated heterocycles. The Kier molecular flexibility index (Phi) is 9.94. The van der Waals surface area contributed by atoms with Gasteiger partial charge in [-0.2, -0.15) is 0 Å². The van der Waals surface area contributed by atoms with Gasteiger partial charge in [-0.25, -0.2) is 0 Å². The number of carboxylic acids is 1. The van der Waals surface area contributed by atoms with E-state index in [0.717, 1.165) is 22.1 Å². The second kappa shape index (κ2) is 10.5. The molecule has 0 aromatic heterocycles. The van der Waals surface area contributed by atoms with Crippen LogP contribution in [-0.4, -0.2) is 81.9 Å². The van der Waals surface area contributed by atoms with Gasteiger partial charge in [0.05, 0.1) is 0 Å². The molecule has 0 aliphatic carbocycles. The van der Waals surface area contributed by atoms with Gasteiger partial charge in [-0.3, -0.25) is 4.79 Å². The molecule has 0 fully saturated rings. The first-order valence-electron chi connectivity index (χ1n) is 6.71. The minimum Gasteiger partial charge on any atom is -0.480 e. The summed E-state index contributed by atoms with van der Waals surface area (Å²) in [5.41, 5.74) is 5.30. The van der Waals surface area contributed by atoms with Crippen LogP contribution in [0, 0.1) is 0 Å². The molecule has 11 heteroatoms. The first-order valence-corrected chi connectivity index (χ1v) is 8.33. The number of rotatable bonds is 9. The summed E-state index contributed by atoms with van der Waals surface area (Å²) in [5.74, 6) is -2.75. The van der Waals surface area contributed by atoms with Crippen LogP contribution in [-0.2, 0) is 22.9 Å². The number of amides is 2. The molecule has 132 valence electrons. The van der Waals surface area contributed by atoms with Crippen LogP contribution in [0.1, 0.15) is 19.8 Å². The SMILES string of the molecule is CC(C(=O)O[AsH2])N(C)C(=O)C(CS)NC(=O)CCC(N)C(=O)O. The van der Waals surface area contributed by atoms with E-state index in [-0.39, 0.29) is 18.6 Å². The quantitative estimate of drug-likeness (QED) is 0.244. The van der Waals surface area contributed by atoms with Gasteiger partial charge in [0.25, 0.3) is 0 Å². The topological polar surface area (TPSA) is 139 Å². The average Bonchev–Trinajstić information content (AvgIpc) is 2.54. The smallest absolute Gasteiger partial charge is 0.480 e. The van der Waals surface area contributed by atoms with E-state index in [0.29, 0.717) is 0 Å². The number of nitrogens with one attached hydrogen (secondary N) is 1. The number of carbonyl (C=O) groups excluding carboxylic acids is 3. The normalized spacial score (nSPS) is 14.3. The van der Waals surface area contributed by atoms with Crippen LogP contribution < -0.4 is 11.1 Å². The van der Waals surface area contributed by atoms with Crippen molar-refractivity contribution < 1.29 is 28.0 Å². The summed E-state index contributed by atoms with van der Waals surface area (Å²) in [6.45, 7) is 1.50. The monoisotopic (exact) mass is 411 g/mol. The molecular weight excluding hydrogens is 389 g/mol. The van der Waals surface area contributed by atoms with Crippen LogP contribution in [0.4, 0.5) is 0 Å². The first-order chi connectivity index (χ1) is 10.6. The summed E-state index contributed by atoms with van der Waals surface area (Å²) in [7, 11) is 1.42. The molecule has 4 atom stereocenters. The molecule has 9 nitrogen and oxygen atoms in total. The molecule has 2 amide bonds. The molecule has 0 saturated carbocycles. The maximum atomic E-state index is 12.3. The van der Waals surface area contributed by atoms with Crippen molar-refractivity contribution in [3.63, 3.8) is 0 Å². The fourth-order valence-corrected chi connectivity index (χ4v) is 2.22. The van der Waals surface area contributed by atoms with Crippen LogP contribution in [0.5, 0.6) is 0 Å². The summed E-state index contributed by atoms with van der Waals surface area (Å²) >= 11 is 4.78. The number of carboxylic acid groups (broad SMARTS) is 1. The van der Waals surface area contributed by atoms with Gasteiger partial charge in [0.1, 0.15) is 0 Å². The number of carbonyl (C=O) groups is 4.